The maximum atomic E-state index is 12.6. The van der Waals surface area contributed by atoms with Crippen molar-refractivity contribution in [3.63, 3.8) is 0 Å². The SMILES string of the molecule is CC(C)(C)c1ccc(CCC(=O)N2CC[C@@H]3CNC[C@@H]3CC2)cc1. The maximum absolute atomic E-state index is 12.6. The molecule has 0 aromatic heterocycles. The van der Waals surface area contributed by atoms with Gasteiger partial charge in [-0.25, -0.2) is 0 Å². The molecule has 3 heteroatoms. The number of hydrogen-bond donors (Lipinski definition) is 1. The summed E-state index contributed by atoms with van der Waals surface area (Å²) in [7, 11) is 0. The van der Waals surface area contributed by atoms with Crippen LogP contribution < -0.4 is 5.32 Å². The average Bonchev–Trinajstić information content (AvgIpc) is 2.90. The molecule has 1 N–H and O–H groups in total. The first-order valence-electron chi connectivity index (χ1n) is 9.51. The van der Waals surface area contributed by atoms with E-state index >= 15 is 0 Å². The van der Waals surface area contributed by atoms with Crippen LogP contribution in [-0.4, -0.2) is 37.0 Å². The van der Waals surface area contributed by atoms with Crippen molar-refractivity contribution in [3.05, 3.63) is 35.4 Å². The van der Waals surface area contributed by atoms with Crippen LogP contribution in [-0.2, 0) is 16.6 Å². The Labute approximate surface area is 146 Å². The normalized spacial score (nSPS) is 24.5. The fourth-order valence-corrected chi connectivity index (χ4v) is 4.05. The first-order valence-corrected chi connectivity index (χ1v) is 9.51. The zero-order valence-electron chi connectivity index (χ0n) is 15.5. The summed E-state index contributed by atoms with van der Waals surface area (Å²) < 4.78 is 0. The molecule has 2 atom stereocenters. The van der Waals surface area contributed by atoms with Gasteiger partial charge in [0.2, 0.25) is 5.91 Å². The van der Waals surface area contributed by atoms with E-state index in [0.29, 0.717) is 12.3 Å². The summed E-state index contributed by atoms with van der Waals surface area (Å²) in [6, 6.07) is 8.79. The number of benzene rings is 1. The van der Waals surface area contributed by atoms with Gasteiger partial charge in [0.05, 0.1) is 0 Å². The molecule has 2 aliphatic rings. The van der Waals surface area contributed by atoms with E-state index < -0.39 is 0 Å². The standard InChI is InChI=1S/C21H32N2O/c1-21(2,3)19-7-4-16(5-8-19)6-9-20(24)23-12-10-17-14-22-15-18(17)11-13-23/h4-5,7-8,17-18,22H,6,9-15H2,1-3H3/t17-,18+. The number of likely N-dealkylation sites (tertiary alicyclic amines) is 1. The van der Waals surface area contributed by atoms with Gasteiger partial charge in [-0.05, 0) is 60.7 Å². The lowest BCUT2D eigenvalue weighted by molar-refractivity contribution is -0.131. The Bertz CT molecular complexity index is 544. The van der Waals surface area contributed by atoms with Crippen LogP contribution in [0.3, 0.4) is 0 Å². The molecule has 0 bridgehead atoms. The van der Waals surface area contributed by atoms with Crippen molar-refractivity contribution in [1.29, 1.82) is 0 Å². The molecule has 2 aliphatic heterocycles. The highest BCUT2D eigenvalue weighted by Gasteiger charge is 2.31. The Morgan fingerprint density at radius 3 is 2.21 bits per heavy atom. The van der Waals surface area contributed by atoms with Crippen LogP contribution in [0.2, 0.25) is 0 Å². The monoisotopic (exact) mass is 328 g/mol. The molecule has 3 rings (SSSR count). The Morgan fingerprint density at radius 1 is 1.08 bits per heavy atom. The van der Waals surface area contributed by atoms with Gasteiger partial charge in [-0.1, -0.05) is 45.0 Å². The fourth-order valence-electron chi connectivity index (χ4n) is 4.05. The van der Waals surface area contributed by atoms with Crippen molar-refractivity contribution in [2.45, 2.75) is 51.9 Å². The smallest absolute Gasteiger partial charge is 0.222 e. The number of nitrogens with zero attached hydrogens (tertiary/aromatic N) is 1. The minimum atomic E-state index is 0.188. The first-order chi connectivity index (χ1) is 11.4. The van der Waals surface area contributed by atoms with Crippen LogP contribution in [0.5, 0.6) is 0 Å². The van der Waals surface area contributed by atoms with E-state index in [2.05, 4.69) is 55.3 Å². The van der Waals surface area contributed by atoms with E-state index in [-0.39, 0.29) is 5.41 Å². The van der Waals surface area contributed by atoms with Gasteiger partial charge in [0.1, 0.15) is 0 Å². The number of amides is 1. The number of carbonyl (C=O) groups excluding carboxylic acids is 1. The van der Waals surface area contributed by atoms with E-state index in [1.54, 1.807) is 0 Å². The molecule has 24 heavy (non-hydrogen) atoms. The Hall–Kier alpha value is -1.35. The Morgan fingerprint density at radius 2 is 1.67 bits per heavy atom. The second-order valence-electron chi connectivity index (χ2n) is 8.58. The van der Waals surface area contributed by atoms with Gasteiger partial charge in [-0.15, -0.1) is 0 Å². The molecule has 1 amide bonds. The summed E-state index contributed by atoms with van der Waals surface area (Å²) in [5.41, 5.74) is 2.81. The summed E-state index contributed by atoms with van der Waals surface area (Å²) >= 11 is 0. The topological polar surface area (TPSA) is 32.3 Å². The minimum Gasteiger partial charge on any atom is -0.343 e. The zero-order chi connectivity index (χ0) is 17.2. The summed E-state index contributed by atoms with van der Waals surface area (Å²) in [5, 5.41) is 3.49. The maximum Gasteiger partial charge on any atom is 0.222 e. The van der Waals surface area contributed by atoms with Crippen LogP contribution in [0.15, 0.2) is 24.3 Å². The number of nitrogens with one attached hydrogen (secondary N) is 1. The van der Waals surface area contributed by atoms with E-state index in [0.717, 1.165) is 44.4 Å². The fraction of sp³-hybridized carbons (Fsp3) is 0.667. The largest absolute Gasteiger partial charge is 0.343 e. The molecular formula is C21H32N2O. The highest BCUT2D eigenvalue weighted by Crippen LogP contribution is 2.27. The van der Waals surface area contributed by atoms with Gasteiger partial charge >= 0.3 is 0 Å². The Kier molecular flexibility index (Phi) is 5.29. The molecule has 0 unspecified atom stereocenters. The van der Waals surface area contributed by atoms with Crippen molar-refractivity contribution >= 4 is 5.91 Å². The van der Waals surface area contributed by atoms with Gasteiger partial charge in [-0.2, -0.15) is 0 Å². The van der Waals surface area contributed by atoms with Crippen LogP contribution >= 0.6 is 0 Å². The second-order valence-corrected chi connectivity index (χ2v) is 8.58. The van der Waals surface area contributed by atoms with E-state index in [1.165, 1.54) is 24.0 Å². The lowest BCUT2D eigenvalue weighted by Crippen LogP contribution is -2.32. The molecule has 2 saturated heterocycles. The molecule has 0 spiro atoms. The van der Waals surface area contributed by atoms with Crippen molar-refractivity contribution in [2.75, 3.05) is 26.2 Å². The average molecular weight is 329 g/mol. The summed E-state index contributed by atoms with van der Waals surface area (Å²) in [5.74, 6) is 1.91. The van der Waals surface area contributed by atoms with Crippen molar-refractivity contribution in [2.24, 2.45) is 11.8 Å². The molecular weight excluding hydrogens is 296 g/mol. The number of rotatable bonds is 3. The lowest BCUT2D eigenvalue weighted by atomic mass is 9.86. The number of hydrogen-bond acceptors (Lipinski definition) is 2. The molecule has 2 heterocycles. The molecule has 0 saturated carbocycles. The molecule has 0 aliphatic carbocycles. The van der Waals surface area contributed by atoms with E-state index in [9.17, 15) is 4.79 Å². The van der Waals surface area contributed by atoms with E-state index in [1.807, 2.05) is 0 Å². The summed E-state index contributed by atoms with van der Waals surface area (Å²) in [6.07, 6.45) is 3.84. The predicted molar refractivity (Wildman–Crippen MR) is 99.1 cm³/mol. The van der Waals surface area contributed by atoms with Gasteiger partial charge in [0.15, 0.2) is 0 Å². The summed E-state index contributed by atoms with van der Waals surface area (Å²) in [6.45, 7) is 10.9. The van der Waals surface area contributed by atoms with E-state index in [4.69, 9.17) is 0 Å². The van der Waals surface area contributed by atoms with Crippen molar-refractivity contribution in [1.82, 2.24) is 10.2 Å². The zero-order valence-corrected chi connectivity index (χ0v) is 15.5. The van der Waals surface area contributed by atoms with Crippen LogP contribution in [0.25, 0.3) is 0 Å². The van der Waals surface area contributed by atoms with Gasteiger partial charge in [0.25, 0.3) is 0 Å². The van der Waals surface area contributed by atoms with Gasteiger partial charge < -0.3 is 10.2 Å². The third kappa shape index (κ3) is 4.18. The predicted octanol–water partition coefficient (Wildman–Crippen LogP) is 3.37. The first kappa shape index (κ1) is 17.5. The minimum absolute atomic E-state index is 0.188. The number of aryl methyl sites for hydroxylation is 1. The molecule has 2 fully saturated rings. The second kappa shape index (κ2) is 7.26. The molecule has 132 valence electrons. The molecule has 1 aromatic carbocycles. The summed E-state index contributed by atoms with van der Waals surface area (Å²) in [4.78, 5) is 14.7. The lowest BCUT2D eigenvalue weighted by Gasteiger charge is -2.21. The number of carbonyl (C=O) groups is 1. The molecule has 3 nitrogen and oxygen atoms in total. The quantitative estimate of drug-likeness (QED) is 0.922. The molecule has 0 radical (unpaired) electrons. The number of fused-ring (bicyclic) bond motifs is 1. The Balaban J connectivity index is 1.50. The van der Waals surface area contributed by atoms with Gasteiger partial charge in [-0.3, -0.25) is 4.79 Å². The highest BCUT2D eigenvalue weighted by molar-refractivity contribution is 5.76. The third-order valence-corrected chi connectivity index (χ3v) is 5.82. The van der Waals surface area contributed by atoms with Crippen molar-refractivity contribution in [3.8, 4) is 0 Å². The highest BCUT2D eigenvalue weighted by atomic mass is 16.2. The van der Waals surface area contributed by atoms with Gasteiger partial charge in [0, 0.05) is 19.5 Å². The van der Waals surface area contributed by atoms with Crippen LogP contribution in [0.1, 0.15) is 51.2 Å². The molecule has 1 aromatic rings. The third-order valence-electron chi connectivity index (χ3n) is 5.82. The van der Waals surface area contributed by atoms with Crippen LogP contribution in [0.4, 0.5) is 0 Å². The van der Waals surface area contributed by atoms with Crippen LogP contribution in [0, 0.1) is 11.8 Å². The van der Waals surface area contributed by atoms with Crippen molar-refractivity contribution < 1.29 is 4.79 Å².